The number of thiophene rings is 1. The maximum atomic E-state index is 12.4. The summed E-state index contributed by atoms with van der Waals surface area (Å²) in [5, 5.41) is 5.10. The van der Waals surface area contributed by atoms with Crippen molar-refractivity contribution in [3.63, 3.8) is 0 Å². The molecule has 1 fully saturated rings. The summed E-state index contributed by atoms with van der Waals surface area (Å²) in [4.78, 5) is 15.0. The first kappa shape index (κ1) is 17.1. The van der Waals surface area contributed by atoms with Crippen molar-refractivity contribution < 1.29 is 14.4 Å². The lowest BCUT2D eigenvalue weighted by Gasteiger charge is -2.21. The zero-order chi connectivity index (χ0) is 16.8. The van der Waals surface area contributed by atoms with Crippen molar-refractivity contribution in [2.75, 3.05) is 25.0 Å². The quantitative estimate of drug-likeness (QED) is 0.808. The van der Waals surface area contributed by atoms with E-state index >= 15 is 0 Å². The minimum Gasteiger partial charge on any atom is -0.372 e. The van der Waals surface area contributed by atoms with Gasteiger partial charge in [-0.1, -0.05) is 23.8 Å². The summed E-state index contributed by atoms with van der Waals surface area (Å²) >= 11 is 1.75. The first-order valence-electron chi connectivity index (χ1n) is 8.53. The van der Waals surface area contributed by atoms with E-state index in [1.54, 1.807) is 11.3 Å². The third kappa shape index (κ3) is 5.16. The number of ether oxygens (including phenoxy) is 1. The van der Waals surface area contributed by atoms with Crippen LogP contribution in [0.5, 0.6) is 0 Å². The summed E-state index contributed by atoms with van der Waals surface area (Å²) in [5.41, 5.74) is 2.05. The van der Waals surface area contributed by atoms with Crippen LogP contribution in [0.15, 0.2) is 41.8 Å². The highest BCUT2D eigenvalue weighted by molar-refractivity contribution is 7.09. The SMILES string of the molecule is Cc1ccc(NC(=O)C[NH+](Cc2cccs2)C[C@@H]2CCCO2)cc1. The van der Waals surface area contributed by atoms with Gasteiger partial charge in [-0.3, -0.25) is 4.79 Å². The summed E-state index contributed by atoms with van der Waals surface area (Å²) < 4.78 is 5.77. The summed E-state index contributed by atoms with van der Waals surface area (Å²) in [6.45, 7) is 5.12. The number of quaternary nitrogens is 1. The molecule has 1 aromatic carbocycles. The normalized spacial score (nSPS) is 18.5. The number of aryl methyl sites for hydroxylation is 1. The van der Waals surface area contributed by atoms with Crippen LogP contribution in [-0.2, 0) is 16.1 Å². The van der Waals surface area contributed by atoms with E-state index < -0.39 is 0 Å². The number of nitrogens with one attached hydrogen (secondary N) is 2. The topological polar surface area (TPSA) is 42.8 Å². The molecule has 1 aliphatic rings. The molecule has 0 spiro atoms. The molecule has 1 unspecified atom stereocenters. The van der Waals surface area contributed by atoms with Crippen molar-refractivity contribution >= 4 is 22.9 Å². The minimum absolute atomic E-state index is 0.0587. The first-order valence-corrected chi connectivity index (χ1v) is 9.41. The number of carbonyl (C=O) groups excluding carboxylic acids is 1. The number of hydrogen-bond acceptors (Lipinski definition) is 3. The van der Waals surface area contributed by atoms with Crippen molar-refractivity contribution in [3.8, 4) is 0 Å². The molecule has 1 amide bonds. The highest BCUT2D eigenvalue weighted by atomic mass is 32.1. The number of benzene rings is 1. The van der Waals surface area contributed by atoms with Gasteiger partial charge in [0.1, 0.15) is 19.2 Å². The van der Waals surface area contributed by atoms with E-state index in [2.05, 4.69) is 22.8 Å². The summed E-state index contributed by atoms with van der Waals surface area (Å²) in [6.07, 6.45) is 2.52. The van der Waals surface area contributed by atoms with Crippen LogP contribution in [0.25, 0.3) is 0 Å². The highest BCUT2D eigenvalue weighted by Gasteiger charge is 2.24. The molecule has 1 saturated heterocycles. The van der Waals surface area contributed by atoms with Crippen LogP contribution in [0.4, 0.5) is 5.69 Å². The van der Waals surface area contributed by atoms with E-state index in [1.807, 2.05) is 31.2 Å². The van der Waals surface area contributed by atoms with Crippen LogP contribution in [0, 0.1) is 6.92 Å². The molecule has 2 heterocycles. The Hall–Kier alpha value is -1.69. The van der Waals surface area contributed by atoms with E-state index in [9.17, 15) is 4.79 Å². The van der Waals surface area contributed by atoms with Gasteiger partial charge in [-0.25, -0.2) is 0 Å². The van der Waals surface area contributed by atoms with Crippen LogP contribution in [0.1, 0.15) is 23.3 Å². The Morgan fingerprint density at radius 2 is 2.17 bits per heavy atom. The summed E-state index contributed by atoms with van der Waals surface area (Å²) in [6, 6.07) is 12.1. The maximum absolute atomic E-state index is 12.4. The zero-order valence-corrected chi connectivity index (χ0v) is 14.9. The number of amides is 1. The van der Waals surface area contributed by atoms with Gasteiger partial charge in [0.05, 0.1) is 4.88 Å². The van der Waals surface area contributed by atoms with Gasteiger partial charge in [-0.15, -0.1) is 11.3 Å². The lowest BCUT2D eigenvalue weighted by Crippen LogP contribution is -3.12. The monoisotopic (exact) mass is 345 g/mol. The third-order valence-corrected chi connectivity index (χ3v) is 5.17. The average molecular weight is 345 g/mol. The summed E-state index contributed by atoms with van der Waals surface area (Å²) in [7, 11) is 0. The predicted molar refractivity (Wildman–Crippen MR) is 97.5 cm³/mol. The fraction of sp³-hybridized carbons (Fsp3) is 0.421. The number of anilines is 1. The van der Waals surface area contributed by atoms with Gasteiger partial charge in [0.15, 0.2) is 6.54 Å². The fourth-order valence-corrected chi connectivity index (χ4v) is 3.84. The van der Waals surface area contributed by atoms with Crippen molar-refractivity contribution in [1.29, 1.82) is 0 Å². The lowest BCUT2D eigenvalue weighted by atomic mass is 10.2. The van der Waals surface area contributed by atoms with Gasteiger partial charge in [-0.2, -0.15) is 0 Å². The Kier molecular flexibility index (Phi) is 6.01. The van der Waals surface area contributed by atoms with E-state index in [-0.39, 0.29) is 12.0 Å². The van der Waals surface area contributed by atoms with E-state index in [4.69, 9.17) is 4.74 Å². The molecule has 3 rings (SSSR count). The average Bonchev–Trinajstić information content (AvgIpc) is 3.23. The van der Waals surface area contributed by atoms with Crippen LogP contribution in [0.2, 0.25) is 0 Å². The second kappa shape index (κ2) is 8.42. The second-order valence-electron chi connectivity index (χ2n) is 6.44. The lowest BCUT2D eigenvalue weighted by molar-refractivity contribution is -0.908. The van der Waals surface area contributed by atoms with Gasteiger partial charge in [-0.05, 0) is 43.3 Å². The molecule has 128 valence electrons. The molecule has 0 aliphatic carbocycles. The van der Waals surface area contributed by atoms with Crippen LogP contribution >= 0.6 is 11.3 Å². The minimum atomic E-state index is 0.0587. The molecule has 1 aliphatic heterocycles. The molecular weight excluding hydrogens is 320 g/mol. The fourth-order valence-electron chi connectivity index (χ4n) is 3.06. The van der Waals surface area contributed by atoms with Crippen molar-refractivity contribution in [2.45, 2.75) is 32.4 Å². The first-order chi connectivity index (χ1) is 11.7. The molecule has 5 heteroatoms. The molecule has 2 atom stereocenters. The van der Waals surface area contributed by atoms with E-state index in [1.165, 1.54) is 15.3 Å². The van der Waals surface area contributed by atoms with Gasteiger partial charge < -0.3 is 15.0 Å². The van der Waals surface area contributed by atoms with Crippen molar-refractivity contribution in [3.05, 3.63) is 52.2 Å². The standard InChI is InChI=1S/C19H24N2O2S/c1-15-6-8-16(9-7-15)20-19(22)14-21(12-17-4-2-10-23-17)13-18-5-3-11-24-18/h3,5-9,11,17H,2,4,10,12-14H2,1H3,(H,20,22)/p+1/t17-/m0/s1. The highest BCUT2D eigenvalue weighted by Crippen LogP contribution is 2.11. The smallest absolute Gasteiger partial charge is 0.279 e. The zero-order valence-electron chi connectivity index (χ0n) is 14.1. The third-order valence-electron chi connectivity index (χ3n) is 4.29. The second-order valence-corrected chi connectivity index (χ2v) is 7.47. The molecular formula is C19H25N2O2S+. The van der Waals surface area contributed by atoms with Crippen LogP contribution < -0.4 is 10.2 Å². The Bertz CT molecular complexity index is 634. The Labute approximate surface area is 147 Å². The Balaban J connectivity index is 1.58. The van der Waals surface area contributed by atoms with Gasteiger partial charge >= 0.3 is 0 Å². The number of carbonyl (C=O) groups is 1. The number of hydrogen-bond donors (Lipinski definition) is 2. The van der Waals surface area contributed by atoms with E-state index in [0.29, 0.717) is 6.54 Å². The van der Waals surface area contributed by atoms with Crippen molar-refractivity contribution in [2.24, 2.45) is 0 Å². The molecule has 2 N–H and O–H groups in total. The van der Waals surface area contributed by atoms with E-state index in [0.717, 1.165) is 38.2 Å². The van der Waals surface area contributed by atoms with Gasteiger partial charge in [0.25, 0.3) is 5.91 Å². The summed E-state index contributed by atoms with van der Waals surface area (Å²) in [5.74, 6) is 0.0587. The predicted octanol–water partition coefficient (Wildman–Crippen LogP) is 2.26. The molecule has 1 aromatic heterocycles. The van der Waals surface area contributed by atoms with Crippen molar-refractivity contribution in [1.82, 2.24) is 0 Å². The maximum Gasteiger partial charge on any atom is 0.279 e. The molecule has 0 saturated carbocycles. The Morgan fingerprint density at radius 1 is 1.33 bits per heavy atom. The molecule has 24 heavy (non-hydrogen) atoms. The molecule has 4 nitrogen and oxygen atoms in total. The Morgan fingerprint density at radius 3 is 2.83 bits per heavy atom. The molecule has 0 bridgehead atoms. The van der Waals surface area contributed by atoms with Gasteiger partial charge in [0, 0.05) is 12.3 Å². The number of rotatable bonds is 7. The molecule has 2 aromatic rings. The molecule has 0 radical (unpaired) electrons. The van der Waals surface area contributed by atoms with Gasteiger partial charge in [0.2, 0.25) is 0 Å². The van der Waals surface area contributed by atoms with Crippen LogP contribution in [0.3, 0.4) is 0 Å². The van der Waals surface area contributed by atoms with Crippen LogP contribution in [-0.4, -0.2) is 31.7 Å². The largest absolute Gasteiger partial charge is 0.372 e.